The Morgan fingerprint density at radius 2 is 2.23 bits per heavy atom. The number of hydrogen-bond donors (Lipinski definition) is 0. The molecular weight excluding hydrogens is 373 g/mol. The molecule has 1 unspecified atom stereocenters. The lowest BCUT2D eigenvalue weighted by atomic mass is 10.2. The van der Waals surface area contributed by atoms with Gasteiger partial charge in [0, 0.05) is 38.5 Å². The maximum absolute atomic E-state index is 12.4. The van der Waals surface area contributed by atoms with Crippen molar-refractivity contribution in [2.75, 3.05) is 13.2 Å². The second-order valence-electron chi connectivity index (χ2n) is 6.48. The molecule has 1 aromatic heterocycles. The van der Waals surface area contributed by atoms with Crippen LogP contribution in [0.15, 0.2) is 30.6 Å². The molecule has 5 nitrogen and oxygen atoms in total. The van der Waals surface area contributed by atoms with Gasteiger partial charge in [-0.2, -0.15) is 0 Å². The van der Waals surface area contributed by atoms with Gasteiger partial charge in [0.2, 0.25) is 5.91 Å². The fourth-order valence-electron chi connectivity index (χ4n) is 3.15. The third-order valence-electron chi connectivity index (χ3n) is 4.57. The number of imidazole rings is 1. The molecule has 7 heteroatoms. The van der Waals surface area contributed by atoms with E-state index in [1.807, 2.05) is 34.7 Å². The number of hydrogen-bond acceptors (Lipinski definition) is 3. The highest BCUT2D eigenvalue weighted by molar-refractivity contribution is 6.42. The number of ether oxygens (including phenoxy) is 1. The summed E-state index contributed by atoms with van der Waals surface area (Å²) in [7, 11) is 0. The van der Waals surface area contributed by atoms with Gasteiger partial charge in [0.05, 0.1) is 22.7 Å². The molecule has 1 aromatic carbocycles. The Hall–Kier alpha value is -1.56. The van der Waals surface area contributed by atoms with E-state index in [9.17, 15) is 4.79 Å². The molecular formula is C19H23Cl2N3O2. The number of carbonyl (C=O) groups is 1. The molecule has 0 aliphatic carbocycles. The Bertz CT molecular complexity index is 757. The molecule has 0 radical (unpaired) electrons. The molecule has 1 amide bonds. The average molecular weight is 396 g/mol. The average Bonchev–Trinajstić information content (AvgIpc) is 3.29. The van der Waals surface area contributed by atoms with Crippen LogP contribution in [0.1, 0.15) is 37.6 Å². The summed E-state index contributed by atoms with van der Waals surface area (Å²) in [5, 5.41) is 1.07. The second kappa shape index (κ2) is 8.89. The molecule has 140 valence electrons. The largest absolute Gasteiger partial charge is 0.376 e. The van der Waals surface area contributed by atoms with Crippen LogP contribution in [0.25, 0.3) is 0 Å². The Balaban J connectivity index is 1.72. The van der Waals surface area contributed by atoms with Crippen molar-refractivity contribution in [2.45, 2.75) is 45.4 Å². The molecule has 1 aliphatic heterocycles. The van der Waals surface area contributed by atoms with Crippen molar-refractivity contribution >= 4 is 29.1 Å². The smallest absolute Gasteiger partial charge is 0.222 e. The lowest BCUT2D eigenvalue weighted by Gasteiger charge is -2.25. The predicted molar refractivity (Wildman–Crippen MR) is 102 cm³/mol. The molecule has 3 rings (SSSR count). The van der Waals surface area contributed by atoms with Gasteiger partial charge in [-0.25, -0.2) is 4.98 Å². The number of halogens is 2. The number of carbonyl (C=O) groups excluding carboxylic acids is 1. The summed E-state index contributed by atoms with van der Waals surface area (Å²) < 4.78 is 7.73. The highest BCUT2D eigenvalue weighted by atomic mass is 35.5. The van der Waals surface area contributed by atoms with E-state index >= 15 is 0 Å². The van der Waals surface area contributed by atoms with Crippen molar-refractivity contribution in [1.29, 1.82) is 0 Å². The van der Waals surface area contributed by atoms with Crippen LogP contribution in [0, 0.1) is 0 Å². The van der Waals surface area contributed by atoms with E-state index in [1.54, 1.807) is 12.3 Å². The van der Waals surface area contributed by atoms with E-state index in [0.29, 0.717) is 36.1 Å². The summed E-state index contributed by atoms with van der Waals surface area (Å²) in [5.74, 6) is 0.959. The van der Waals surface area contributed by atoms with Gasteiger partial charge in [0.25, 0.3) is 0 Å². The van der Waals surface area contributed by atoms with Crippen LogP contribution >= 0.6 is 23.2 Å². The summed E-state index contributed by atoms with van der Waals surface area (Å²) in [6, 6.07) is 5.59. The fraction of sp³-hybridized carbons (Fsp3) is 0.474. The standard InChI is InChI=1S/C19H23Cl2N3O2/c1-2-19(25)24(12-15-4-3-9-26-15)13-18-22-7-8-23(18)11-14-5-6-16(20)17(21)10-14/h5-8,10,15H,2-4,9,11-13H2,1H3. The van der Waals surface area contributed by atoms with Crippen LogP contribution < -0.4 is 0 Å². The molecule has 26 heavy (non-hydrogen) atoms. The summed E-state index contributed by atoms with van der Waals surface area (Å²) in [5.41, 5.74) is 1.03. The zero-order chi connectivity index (χ0) is 18.5. The van der Waals surface area contributed by atoms with Crippen molar-refractivity contribution < 1.29 is 9.53 Å². The first-order valence-electron chi connectivity index (χ1n) is 8.90. The number of rotatable bonds is 7. The molecule has 2 heterocycles. The molecule has 1 fully saturated rings. The summed E-state index contributed by atoms with van der Waals surface area (Å²) >= 11 is 12.1. The van der Waals surface area contributed by atoms with Crippen molar-refractivity contribution in [2.24, 2.45) is 0 Å². The van der Waals surface area contributed by atoms with E-state index in [1.165, 1.54) is 0 Å². The molecule has 0 saturated carbocycles. The Labute approximate surface area is 163 Å². The minimum Gasteiger partial charge on any atom is -0.376 e. The van der Waals surface area contributed by atoms with Crippen LogP contribution in [-0.2, 0) is 22.6 Å². The minimum atomic E-state index is 0.115. The maximum atomic E-state index is 12.4. The normalized spacial score (nSPS) is 16.8. The van der Waals surface area contributed by atoms with Gasteiger partial charge in [-0.05, 0) is 30.5 Å². The topological polar surface area (TPSA) is 47.4 Å². The molecule has 1 aliphatic rings. The third-order valence-corrected chi connectivity index (χ3v) is 5.31. The van der Waals surface area contributed by atoms with E-state index < -0.39 is 0 Å². The Kier molecular flexibility index (Phi) is 6.57. The highest BCUT2D eigenvalue weighted by Gasteiger charge is 2.23. The molecule has 1 saturated heterocycles. The zero-order valence-electron chi connectivity index (χ0n) is 14.8. The van der Waals surface area contributed by atoms with Crippen molar-refractivity contribution in [3.05, 3.63) is 52.0 Å². The lowest BCUT2D eigenvalue weighted by molar-refractivity contribution is -0.133. The van der Waals surface area contributed by atoms with Crippen LogP contribution in [0.4, 0.5) is 0 Å². The number of amides is 1. The van der Waals surface area contributed by atoms with E-state index in [0.717, 1.165) is 30.8 Å². The monoisotopic (exact) mass is 395 g/mol. The second-order valence-corrected chi connectivity index (χ2v) is 7.30. The fourth-order valence-corrected chi connectivity index (χ4v) is 3.47. The first-order valence-corrected chi connectivity index (χ1v) is 9.65. The van der Waals surface area contributed by atoms with Crippen LogP contribution in [0.5, 0.6) is 0 Å². The van der Waals surface area contributed by atoms with E-state index in [4.69, 9.17) is 27.9 Å². The Morgan fingerprint density at radius 1 is 1.38 bits per heavy atom. The lowest BCUT2D eigenvalue weighted by Crippen LogP contribution is -2.37. The third kappa shape index (κ3) is 4.78. The SMILES string of the molecule is CCC(=O)N(Cc1nccn1Cc1ccc(Cl)c(Cl)c1)CC1CCCO1. The maximum Gasteiger partial charge on any atom is 0.222 e. The number of nitrogens with zero attached hydrogens (tertiary/aromatic N) is 3. The van der Waals surface area contributed by atoms with Crippen LogP contribution in [-0.4, -0.2) is 39.6 Å². The van der Waals surface area contributed by atoms with Gasteiger partial charge in [-0.1, -0.05) is 36.2 Å². The van der Waals surface area contributed by atoms with Crippen molar-refractivity contribution in [3.63, 3.8) is 0 Å². The van der Waals surface area contributed by atoms with Gasteiger partial charge < -0.3 is 14.2 Å². The summed E-state index contributed by atoms with van der Waals surface area (Å²) in [6.45, 7) is 4.38. The van der Waals surface area contributed by atoms with Crippen LogP contribution in [0.3, 0.4) is 0 Å². The molecule has 2 aromatic rings. The van der Waals surface area contributed by atoms with Gasteiger partial charge in [-0.15, -0.1) is 0 Å². The van der Waals surface area contributed by atoms with E-state index in [2.05, 4.69) is 4.98 Å². The minimum absolute atomic E-state index is 0.115. The summed E-state index contributed by atoms with van der Waals surface area (Å²) in [6.07, 6.45) is 6.34. The van der Waals surface area contributed by atoms with Gasteiger partial charge in [-0.3, -0.25) is 4.79 Å². The molecule has 0 N–H and O–H groups in total. The predicted octanol–water partition coefficient (Wildman–Crippen LogP) is 4.16. The molecule has 0 bridgehead atoms. The zero-order valence-corrected chi connectivity index (χ0v) is 16.3. The Morgan fingerprint density at radius 3 is 2.92 bits per heavy atom. The van der Waals surface area contributed by atoms with Crippen LogP contribution in [0.2, 0.25) is 10.0 Å². The van der Waals surface area contributed by atoms with Gasteiger partial charge in [0.15, 0.2) is 0 Å². The number of aromatic nitrogens is 2. The molecule has 0 spiro atoms. The quantitative estimate of drug-likeness (QED) is 0.706. The highest BCUT2D eigenvalue weighted by Crippen LogP contribution is 2.23. The summed E-state index contributed by atoms with van der Waals surface area (Å²) in [4.78, 5) is 18.7. The van der Waals surface area contributed by atoms with Crippen molar-refractivity contribution in [3.8, 4) is 0 Å². The van der Waals surface area contributed by atoms with Gasteiger partial charge >= 0.3 is 0 Å². The molecule has 1 atom stereocenters. The number of benzene rings is 1. The first-order chi connectivity index (χ1) is 12.6. The van der Waals surface area contributed by atoms with Crippen molar-refractivity contribution in [1.82, 2.24) is 14.5 Å². The van der Waals surface area contributed by atoms with Gasteiger partial charge in [0.1, 0.15) is 5.82 Å². The van der Waals surface area contributed by atoms with E-state index in [-0.39, 0.29) is 12.0 Å². The first kappa shape index (κ1) is 19.2.